The van der Waals surface area contributed by atoms with Crippen LogP contribution >= 0.6 is 22.9 Å². The molecule has 0 spiro atoms. The van der Waals surface area contributed by atoms with E-state index in [-0.39, 0.29) is 12.0 Å². The lowest BCUT2D eigenvalue weighted by molar-refractivity contribution is 0.0344. The SMILES string of the molecule is COc1ccc2ncc(Cl)c([C@H](F)CCC3(CO)CCN(CC#Cc4cccs4)CC3)c2c1. The first kappa shape index (κ1) is 24.0. The third-order valence-corrected chi connectivity index (χ3v) is 7.68. The first-order chi connectivity index (χ1) is 16.0. The topological polar surface area (TPSA) is 45.6 Å². The number of aliphatic hydroxyl groups is 1. The molecule has 0 bridgehead atoms. The molecule has 1 aliphatic rings. The van der Waals surface area contributed by atoms with E-state index in [9.17, 15) is 5.11 Å². The second-order valence-electron chi connectivity index (χ2n) is 8.62. The van der Waals surface area contributed by atoms with Crippen molar-refractivity contribution in [2.45, 2.75) is 31.9 Å². The van der Waals surface area contributed by atoms with Crippen LogP contribution < -0.4 is 4.74 Å². The lowest BCUT2D eigenvalue weighted by Gasteiger charge is -2.40. The predicted molar refractivity (Wildman–Crippen MR) is 133 cm³/mol. The molecule has 2 aromatic heterocycles. The Hall–Kier alpha value is -2.17. The molecule has 1 fully saturated rings. The number of hydrogen-bond acceptors (Lipinski definition) is 5. The Morgan fingerprint density at radius 1 is 1.33 bits per heavy atom. The second kappa shape index (κ2) is 10.8. The molecule has 1 aromatic carbocycles. The standard InChI is InChI=1S/C26H28ClFN2O2S/c1-32-19-6-7-24-21(16-19)25(22(27)17-29-24)23(28)8-9-26(18-31)10-13-30(14-11-26)12-2-4-20-5-3-15-33-20/h3,5-7,15-17,23,31H,8-14,18H2,1H3/t23-/m1/s1. The summed E-state index contributed by atoms with van der Waals surface area (Å²) in [6.07, 6.45) is 2.83. The highest BCUT2D eigenvalue weighted by Crippen LogP contribution is 2.41. The first-order valence-corrected chi connectivity index (χ1v) is 12.4. The molecule has 174 valence electrons. The Balaban J connectivity index is 1.39. The number of rotatable bonds is 7. The van der Waals surface area contributed by atoms with Gasteiger partial charge in [-0.05, 0) is 73.8 Å². The van der Waals surface area contributed by atoms with Crippen molar-refractivity contribution in [2.24, 2.45) is 5.41 Å². The van der Waals surface area contributed by atoms with Gasteiger partial charge in [-0.15, -0.1) is 11.3 Å². The van der Waals surface area contributed by atoms with E-state index in [1.54, 1.807) is 30.6 Å². The van der Waals surface area contributed by atoms with Gasteiger partial charge in [0.05, 0.1) is 29.1 Å². The van der Waals surface area contributed by atoms with Crippen LogP contribution in [-0.2, 0) is 0 Å². The van der Waals surface area contributed by atoms with Crippen LogP contribution in [0.3, 0.4) is 0 Å². The maximum Gasteiger partial charge on any atom is 0.127 e. The summed E-state index contributed by atoms with van der Waals surface area (Å²) in [4.78, 5) is 7.70. The number of ether oxygens (including phenoxy) is 1. The molecule has 33 heavy (non-hydrogen) atoms. The molecule has 0 radical (unpaired) electrons. The summed E-state index contributed by atoms with van der Waals surface area (Å²) in [7, 11) is 1.58. The molecule has 4 rings (SSSR count). The number of alkyl halides is 1. The highest BCUT2D eigenvalue weighted by molar-refractivity contribution is 7.10. The molecule has 1 aliphatic heterocycles. The van der Waals surface area contributed by atoms with E-state index in [0.717, 1.165) is 30.8 Å². The van der Waals surface area contributed by atoms with Crippen molar-refractivity contribution >= 4 is 33.8 Å². The van der Waals surface area contributed by atoms with E-state index in [1.807, 2.05) is 23.6 Å². The van der Waals surface area contributed by atoms with Crippen LogP contribution in [-0.4, -0.2) is 48.3 Å². The van der Waals surface area contributed by atoms with Crippen LogP contribution in [0.2, 0.25) is 5.02 Å². The van der Waals surface area contributed by atoms with Crippen molar-refractivity contribution in [2.75, 3.05) is 33.4 Å². The summed E-state index contributed by atoms with van der Waals surface area (Å²) in [5.74, 6) is 7.07. The molecule has 7 heteroatoms. The minimum atomic E-state index is -1.24. The van der Waals surface area contributed by atoms with Crippen LogP contribution in [0, 0.1) is 17.3 Å². The average molecular weight is 487 g/mol. The fourth-order valence-electron chi connectivity index (χ4n) is 4.45. The number of pyridine rings is 1. The van der Waals surface area contributed by atoms with Gasteiger partial charge in [0.2, 0.25) is 0 Å². The van der Waals surface area contributed by atoms with Gasteiger partial charge in [0, 0.05) is 23.8 Å². The summed E-state index contributed by atoms with van der Waals surface area (Å²) in [6.45, 7) is 2.48. The van der Waals surface area contributed by atoms with Gasteiger partial charge in [-0.2, -0.15) is 0 Å². The number of hydrogen-bond donors (Lipinski definition) is 1. The monoisotopic (exact) mass is 486 g/mol. The maximum absolute atomic E-state index is 15.5. The average Bonchev–Trinajstić information content (AvgIpc) is 3.36. The predicted octanol–water partition coefficient (Wildman–Crippen LogP) is 5.88. The number of benzene rings is 1. The smallest absolute Gasteiger partial charge is 0.127 e. The van der Waals surface area contributed by atoms with Gasteiger partial charge >= 0.3 is 0 Å². The molecule has 1 atom stereocenters. The normalized spacial score (nSPS) is 16.8. The number of methoxy groups -OCH3 is 1. The second-order valence-corrected chi connectivity index (χ2v) is 9.98. The maximum atomic E-state index is 15.5. The van der Waals surface area contributed by atoms with E-state index in [0.29, 0.717) is 46.6 Å². The fourth-order valence-corrected chi connectivity index (χ4v) is 5.31. The van der Waals surface area contributed by atoms with Crippen LogP contribution in [0.4, 0.5) is 4.39 Å². The van der Waals surface area contributed by atoms with Crippen molar-refractivity contribution < 1.29 is 14.2 Å². The zero-order valence-electron chi connectivity index (χ0n) is 18.7. The molecule has 3 aromatic rings. The van der Waals surface area contributed by atoms with Crippen LogP contribution in [0.5, 0.6) is 5.75 Å². The van der Waals surface area contributed by atoms with E-state index >= 15 is 4.39 Å². The Bertz CT molecular complexity index is 1130. The summed E-state index contributed by atoms with van der Waals surface area (Å²) in [6, 6.07) is 9.42. The summed E-state index contributed by atoms with van der Waals surface area (Å²) >= 11 is 8.02. The molecule has 0 amide bonds. The van der Waals surface area contributed by atoms with E-state index in [1.165, 1.54) is 6.20 Å². The zero-order valence-corrected chi connectivity index (χ0v) is 20.3. The van der Waals surface area contributed by atoms with Crippen molar-refractivity contribution in [3.05, 3.63) is 57.4 Å². The summed E-state index contributed by atoms with van der Waals surface area (Å²) < 4.78 is 20.8. The molecule has 1 N–H and O–H groups in total. The number of nitrogens with zero attached hydrogens (tertiary/aromatic N) is 2. The van der Waals surface area contributed by atoms with Crippen LogP contribution in [0.15, 0.2) is 41.9 Å². The van der Waals surface area contributed by atoms with Gasteiger partial charge in [0.15, 0.2) is 0 Å². The zero-order chi connectivity index (χ0) is 23.3. The molecule has 0 unspecified atom stereocenters. The van der Waals surface area contributed by atoms with Gasteiger partial charge in [-0.3, -0.25) is 9.88 Å². The largest absolute Gasteiger partial charge is 0.497 e. The third kappa shape index (κ3) is 5.67. The quantitative estimate of drug-likeness (QED) is 0.424. The van der Waals surface area contributed by atoms with Crippen LogP contribution in [0.25, 0.3) is 10.9 Å². The highest BCUT2D eigenvalue weighted by Gasteiger charge is 2.35. The lowest BCUT2D eigenvalue weighted by atomic mass is 9.74. The first-order valence-electron chi connectivity index (χ1n) is 11.2. The van der Waals surface area contributed by atoms with E-state index in [2.05, 4.69) is 21.7 Å². The molecular formula is C26H28ClFN2O2S. The minimum absolute atomic E-state index is 0.0626. The summed E-state index contributed by atoms with van der Waals surface area (Å²) in [5, 5.41) is 13.2. The number of aliphatic hydroxyl groups excluding tert-OH is 1. The summed E-state index contributed by atoms with van der Waals surface area (Å²) in [5.41, 5.74) is 0.872. The number of thiophene rings is 1. The molecule has 4 nitrogen and oxygen atoms in total. The number of piperidine rings is 1. The third-order valence-electron chi connectivity index (χ3n) is 6.60. The van der Waals surface area contributed by atoms with E-state index in [4.69, 9.17) is 16.3 Å². The number of fused-ring (bicyclic) bond motifs is 1. The van der Waals surface area contributed by atoms with Gasteiger partial charge in [0.1, 0.15) is 11.9 Å². The Morgan fingerprint density at radius 3 is 2.85 bits per heavy atom. The van der Waals surface area contributed by atoms with Gasteiger partial charge in [-0.1, -0.05) is 29.5 Å². The number of halogens is 2. The van der Waals surface area contributed by atoms with Gasteiger partial charge in [-0.25, -0.2) is 4.39 Å². The van der Waals surface area contributed by atoms with Gasteiger partial charge in [0.25, 0.3) is 0 Å². The van der Waals surface area contributed by atoms with Crippen LogP contribution in [0.1, 0.15) is 42.3 Å². The molecule has 0 saturated carbocycles. The molecule has 3 heterocycles. The fraction of sp³-hybridized carbons (Fsp3) is 0.423. The lowest BCUT2D eigenvalue weighted by Crippen LogP contribution is -2.42. The van der Waals surface area contributed by atoms with E-state index < -0.39 is 6.17 Å². The Labute approximate surface area is 203 Å². The number of likely N-dealkylation sites (tertiary alicyclic amines) is 1. The van der Waals surface area contributed by atoms with Crippen molar-refractivity contribution in [1.29, 1.82) is 0 Å². The Morgan fingerprint density at radius 2 is 2.15 bits per heavy atom. The minimum Gasteiger partial charge on any atom is -0.497 e. The molecule has 0 aliphatic carbocycles. The number of aromatic nitrogens is 1. The molecular weight excluding hydrogens is 459 g/mol. The highest BCUT2D eigenvalue weighted by atomic mass is 35.5. The van der Waals surface area contributed by atoms with Gasteiger partial charge < -0.3 is 9.84 Å². The molecule has 1 saturated heterocycles. The van der Waals surface area contributed by atoms with Crippen molar-refractivity contribution in [3.8, 4) is 17.6 Å². The van der Waals surface area contributed by atoms with Crippen molar-refractivity contribution in [3.63, 3.8) is 0 Å². The Kier molecular flexibility index (Phi) is 7.87. The van der Waals surface area contributed by atoms with Crippen molar-refractivity contribution in [1.82, 2.24) is 9.88 Å².